The summed E-state index contributed by atoms with van der Waals surface area (Å²) in [4.78, 5) is 13.9. The zero-order chi connectivity index (χ0) is 16.8. The van der Waals surface area contributed by atoms with Crippen LogP contribution in [-0.2, 0) is 17.8 Å². The average Bonchev–Trinajstić information content (AvgIpc) is 3.27. The molecule has 0 atom stereocenters. The summed E-state index contributed by atoms with van der Waals surface area (Å²) >= 11 is 0. The molecular formula is C18H20N4O2. The summed E-state index contributed by atoms with van der Waals surface area (Å²) in [7, 11) is 1.78. The Balaban J connectivity index is 1.50. The molecule has 0 saturated carbocycles. The summed E-state index contributed by atoms with van der Waals surface area (Å²) in [6.07, 6.45) is 5.79. The van der Waals surface area contributed by atoms with E-state index < -0.39 is 0 Å². The topological polar surface area (TPSA) is 75.0 Å². The van der Waals surface area contributed by atoms with Gasteiger partial charge in [-0.1, -0.05) is 35.5 Å². The van der Waals surface area contributed by atoms with Crippen molar-refractivity contribution < 1.29 is 9.32 Å². The van der Waals surface area contributed by atoms with Gasteiger partial charge in [-0.2, -0.15) is 5.10 Å². The number of nitrogens with zero attached hydrogens (tertiary/aromatic N) is 3. The van der Waals surface area contributed by atoms with Crippen molar-refractivity contribution in [1.29, 1.82) is 0 Å². The molecule has 24 heavy (non-hydrogen) atoms. The van der Waals surface area contributed by atoms with E-state index in [9.17, 15) is 4.79 Å². The molecule has 2 heterocycles. The molecule has 0 unspecified atom stereocenters. The molecule has 0 aliphatic heterocycles. The molecule has 3 aromatic rings. The Kier molecular flexibility index (Phi) is 5.05. The van der Waals surface area contributed by atoms with Crippen molar-refractivity contribution in [1.82, 2.24) is 20.3 Å². The lowest BCUT2D eigenvalue weighted by molar-refractivity contribution is -0.130. The van der Waals surface area contributed by atoms with Gasteiger partial charge in [0.05, 0.1) is 12.7 Å². The fourth-order valence-corrected chi connectivity index (χ4v) is 2.50. The summed E-state index contributed by atoms with van der Waals surface area (Å²) < 4.78 is 5.35. The Labute approximate surface area is 140 Å². The maximum Gasteiger partial charge on any atom is 0.222 e. The van der Waals surface area contributed by atoms with E-state index in [2.05, 4.69) is 15.4 Å². The van der Waals surface area contributed by atoms with Gasteiger partial charge in [0.25, 0.3) is 0 Å². The summed E-state index contributed by atoms with van der Waals surface area (Å²) in [6, 6.07) is 11.7. The van der Waals surface area contributed by atoms with Gasteiger partial charge in [-0.05, 0) is 18.4 Å². The highest BCUT2D eigenvalue weighted by atomic mass is 16.5. The number of hydrogen-bond acceptors (Lipinski definition) is 4. The van der Waals surface area contributed by atoms with Gasteiger partial charge in [0.2, 0.25) is 5.91 Å². The van der Waals surface area contributed by atoms with Crippen LogP contribution in [0.25, 0.3) is 11.3 Å². The number of carbonyl (C=O) groups is 1. The standard InChI is InChI=1S/C18H20N4O2/c1-22(18(23)9-5-6-14-11-19-20-12-14)13-16-10-17(21-24-16)15-7-3-2-4-8-15/h2-4,7-8,10-12H,5-6,9,13H2,1H3,(H,19,20). The quantitative estimate of drug-likeness (QED) is 0.725. The van der Waals surface area contributed by atoms with Crippen molar-refractivity contribution in [3.05, 3.63) is 60.1 Å². The fourth-order valence-electron chi connectivity index (χ4n) is 2.50. The van der Waals surface area contributed by atoms with E-state index in [1.165, 1.54) is 0 Å². The zero-order valence-corrected chi connectivity index (χ0v) is 13.6. The second-order valence-corrected chi connectivity index (χ2v) is 5.75. The molecule has 6 nitrogen and oxygen atoms in total. The number of aromatic amines is 1. The SMILES string of the molecule is CN(Cc1cc(-c2ccccc2)no1)C(=O)CCCc1cn[nH]c1. The number of aromatic nitrogens is 3. The Morgan fingerprint density at radius 1 is 1.29 bits per heavy atom. The Morgan fingerprint density at radius 2 is 2.12 bits per heavy atom. The van der Waals surface area contributed by atoms with Crippen molar-refractivity contribution in [2.24, 2.45) is 0 Å². The van der Waals surface area contributed by atoms with Crippen molar-refractivity contribution >= 4 is 5.91 Å². The van der Waals surface area contributed by atoms with E-state index in [0.29, 0.717) is 18.7 Å². The van der Waals surface area contributed by atoms with Gasteiger partial charge in [-0.15, -0.1) is 0 Å². The highest BCUT2D eigenvalue weighted by Gasteiger charge is 2.13. The molecule has 0 bridgehead atoms. The van der Waals surface area contributed by atoms with E-state index in [0.717, 1.165) is 29.7 Å². The fraction of sp³-hybridized carbons (Fsp3) is 0.278. The molecule has 0 radical (unpaired) electrons. The van der Waals surface area contributed by atoms with E-state index in [-0.39, 0.29) is 5.91 Å². The van der Waals surface area contributed by atoms with Gasteiger partial charge in [0.1, 0.15) is 5.69 Å². The third-order valence-corrected chi connectivity index (χ3v) is 3.86. The van der Waals surface area contributed by atoms with Crippen molar-refractivity contribution in [2.75, 3.05) is 7.05 Å². The third kappa shape index (κ3) is 4.10. The normalized spacial score (nSPS) is 10.7. The highest BCUT2D eigenvalue weighted by Crippen LogP contribution is 2.19. The summed E-state index contributed by atoms with van der Waals surface area (Å²) in [5.41, 5.74) is 2.90. The summed E-state index contributed by atoms with van der Waals surface area (Å²) in [5.74, 6) is 0.774. The maximum atomic E-state index is 12.2. The van der Waals surface area contributed by atoms with Gasteiger partial charge < -0.3 is 9.42 Å². The Hall–Kier alpha value is -2.89. The van der Waals surface area contributed by atoms with Gasteiger partial charge in [-0.25, -0.2) is 0 Å². The first kappa shape index (κ1) is 16.0. The van der Waals surface area contributed by atoms with Crippen LogP contribution in [-0.4, -0.2) is 33.2 Å². The lowest BCUT2D eigenvalue weighted by atomic mass is 10.1. The third-order valence-electron chi connectivity index (χ3n) is 3.86. The molecule has 0 fully saturated rings. The van der Waals surface area contributed by atoms with Crippen LogP contribution in [0.4, 0.5) is 0 Å². The average molecular weight is 324 g/mol. The van der Waals surface area contributed by atoms with Gasteiger partial charge in [-0.3, -0.25) is 9.89 Å². The Morgan fingerprint density at radius 3 is 2.88 bits per heavy atom. The first-order chi connectivity index (χ1) is 11.7. The molecule has 0 aliphatic rings. The van der Waals surface area contributed by atoms with Crippen LogP contribution in [0.2, 0.25) is 0 Å². The first-order valence-electron chi connectivity index (χ1n) is 7.95. The van der Waals surface area contributed by atoms with Crippen LogP contribution in [0.3, 0.4) is 0 Å². The summed E-state index contributed by atoms with van der Waals surface area (Å²) in [5, 5.41) is 10.7. The number of amides is 1. The number of H-pyrrole nitrogens is 1. The Bertz CT molecular complexity index is 765. The van der Waals surface area contributed by atoms with Crippen molar-refractivity contribution in [2.45, 2.75) is 25.8 Å². The monoisotopic (exact) mass is 324 g/mol. The van der Waals surface area contributed by atoms with Gasteiger partial charge >= 0.3 is 0 Å². The van der Waals surface area contributed by atoms with Crippen LogP contribution in [0.1, 0.15) is 24.2 Å². The molecule has 1 amide bonds. The number of carbonyl (C=O) groups excluding carboxylic acids is 1. The van der Waals surface area contributed by atoms with Crippen LogP contribution < -0.4 is 0 Å². The smallest absolute Gasteiger partial charge is 0.222 e. The highest BCUT2D eigenvalue weighted by molar-refractivity contribution is 5.75. The number of hydrogen-bond donors (Lipinski definition) is 1. The van der Waals surface area contributed by atoms with Crippen LogP contribution in [0.5, 0.6) is 0 Å². The van der Waals surface area contributed by atoms with Crippen LogP contribution in [0, 0.1) is 0 Å². The van der Waals surface area contributed by atoms with Gasteiger partial charge in [0.15, 0.2) is 5.76 Å². The minimum atomic E-state index is 0.0937. The molecule has 1 N–H and O–H groups in total. The molecule has 0 aliphatic carbocycles. The first-order valence-corrected chi connectivity index (χ1v) is 7.95. The molecule has 0 spiro atoms. The van der Waals surface area contributed by atoms with E-state index in [4.69, 9.17) is 4.52 Å². The minimum Gasteiger partial charge on any atom is -0.359 e. The second kappa shape index (κ2) is 7.59. The number of benzene rings is 1. The van der Waals surface area contributed by atoms with E-state index >= 15 is 0 Å². The lowest BCUT2D eigenvalue weighted by Gasteiger charge is -2.14. The predicted molar refractivity (Wildman–Crippen MR) is 89.9 cm³/mol. The van der Waals surface area contributed by atoms with Gasteiger partial charge in [0, 0.05) is 31.3 Å². The molecule has 124 valence electrons. The molecule has 0 saturated heterocycles. The zero-order valence-electron chi connectivity index (χ0n) is 13.6. The maximum absolute atomic E-state index is 12.2. The van der Waals surface area contributed by atoms with Crippen LogP contribution >= 0.6 is 0 Å². The number of aryl methyl sites for hydroxylation is 1. The number of nitrogens with one attached hydrogen (secondary N) is 1. The predicted octanol–water partition coefficient (Wildman–Crippen LogP) is 3.05. The molecule has 6 heteroatoms. The minimum absolute atomic E-state index is 0.0937. The largest absolute Gasteiger partial charge is 0.359 e. The summed E-state index contributed by atoms with van der Waals surface area (Å²) in [6.45, 7) is 0.421. The molecular weight excluding hydrogens is 304 g/mol. The second-order valence-electron chi connectivity index (χ2n) is 5.75. The molecule has 1 aromatic carbocycles. The van der Waals surface area contributed by atoms with Crippen molar-refractivity contribution in [3.8, 4) is 11.3 Å². The molecule has 2 aromatic heterocycles. The molecule has 3 rings (SSSR count). The number of rotatable bonds is 7. The lowest BCUT2D eigenvalue weighted by Crippen LogP contribution is -2.25. The van der Waals surface area contributed by atoms with Crippen LogP contribution in [0.15, 0.2) is 53.3 Å². The van der Waals surface area contributed by atoms with E-state index in [1.807, 2.05) is 42.6 Å². The van der Waals surface area contributed by atoms with Crippen molar-refractivity contribution in [3.63, 3.8) is 0 Å². The van der Waals surface area contributed by atoms with E-state index in [1.54, 1.807) is 18.1 Å².